The monoisotopic (exact) mass is 444 g/mol. The predicted molar refractivity (Wildman–Crippen MR) is 122 cm³/mol. The first-order chi connectivity index (χ1) is 14.5. The number of nitrogens with one attached hydrogen (secondary N) is 2. The molecule has 30 heavy (non-hydrogen) atoms. The Kier molecular flexibility index (Phi) is 6.22. The summed E-state index contributed by atoms with van der Waals surface area (Å²) in [7, 11) is 0. The molecule has 4 rings (SSSR count). The van der Waals surface area contributed by atoms with Crippen LogP contribution in [-0.2, 0) is 4.74 Å². The van der Waals surface area contributed by atoms with E-state index in [2.05, 4.69) is 56.5 Å². The van der Waals surface area contributed by atoms with E-state index in [4.69, 9.17) is 27.9 Å². The summed E-state index contributed by atoms with van der Waals surface area (Å²) < 4.78 is 5.45. The molecule has 0 spiro atoms. The Bertz CT molecular complexity index is 1040. The van der Waals surface area contributed by atoms with Gasteiger partial charge in [0.05, 0.1) is 13.2 Å². The second-order valence-corrected chi connectivity index (χ2v) is 7.96. The maximum atomic E-state index is 6.12. The van der Waals surface area contributed by atoms with Gasteiger partial charge in [-0.05, 0) is 55.3 Å². The van der Waals surface area contributed by atoms with Crippen molar-refractivity contribution >= 4 is 52.4 Å². The van der Waals surface area contributed by atoms with Gasteiger partial charge in [-0.25, -0.2) is 0 Å². The number of anilines is 5. The molecule has 0 atom stereocenters. The number of aryl methyl sites for hydroxylation is 2. The molecule has 0 aliphatic carbocycles. The van der Waals surface area contributed by atoms with Crippen molar-refractivity contribution in [2.24, 2.45) is 0 Å². The van der Waals surface area contributed by atoms with Crippen molar-refractivity contribution in [2.45, 2.75) is 13.8 Å². The molecule has 2 aromatic carbocycles. The molecule has 0 amide bonds. The number of ether oxygens (including phenoxy) is 1. The highest BCUT2D eigenvalue weighted by molar-refractivity contribution is 6.35. The van der Waals surface area contributed by atoms with Crippen LogP contribution in [0.4, 0.5) is 29.2 Å². The van der Waals surface area contributed by atoms with Gasteiger partial charge in [-0.3, -0.25) is 0 Å². The normalized spacial score (nSPS) is 13.9. The van der Waals surface area contributed by atoms with Crippen LogP contribution in [0.5, 0.6) is 0 Å². The Balaban J connectivity index is 1.67. The van der Waals surface area contributed by atoms with E-state index < -0.39 is 0 Å². The van der Waals surface area contributed by atoms with Crippen molar-refractivity contribution in [3.8, 4) is 0 Å². The first-order valence-electron chi connectivity index (χ1n) is 9.62. The van der Waals surface area contributed by atoms with E-state index >= 15 is 0 Å². The third kappa shape index (κ3) is 5.11. The van der Waals surface area contributed by atoms with Crippen molar-refractivity contribution in [1.82, 2.24) is 15.0 Å². The number of nitrogens with zero attached hydrogens (tertiary/aromatic N) is 4. The van der Waals surface area contributed by atoms with Crippen LogP contribution in [0.2, 0.25) is 10.0 Å². The molecule has 0 radical (unpaired) electrons. The van der Waals surface area contributed by atoms with Gasteiger partial charge in [-0.15, -0.1) is 0 Å². The minimum Gasteiger partial charge on any atom is -0.378 e. The quantitative estimate of drug-likeness (QED) is 0.565. The average molecular weight is 445 g/mol. The molecule has 7 nitrogen and oxygen atoms in total. The van der Waals surface area contributed by atoms with Gasteiger partial charge < -0.3 is 20.3 Å². The topological polar surface area (TPSA) is 75.2 Å². The van der Waals surface area contributed by atoms with Gasteiger partial charge >= 0.3 is 0 Å². The number of morpholine rings is 1. The van der Waals surface area contributed by atoms with Crippen LogP contribution in [0.25, 0.3) is 0 Å². The van der Waals surface area contributed by atoms with Crippen LogP contribution in [-0.4, -0.2) is 41.3 Å². The molecule has 0 bridgehead atoms. The van der Waals surface area contributed by atoms with Gasteiger partial charge in [0.1, 0.15) is 0 Å². The average Bonchev–Trinajstić information content (AvgIpc) is 2.70. The molecule has 1 aliphatic heterocycles. The number of aromatic nitrogens is 3. The van der Waals surface area contributed by atoms with Gasteiger partial charge in [0.25, 0.3) is 0 Å². The summed E-state index contributed by atoms with van der Waals surface area (Å²) in [4.78, 5) is 15.8. The minimum atomic E-state index is 0.399. The highest BCUT2D eigenvalue weighted by atomic mass is 35.5. The van der Waals surface area contributed by atoms with E-state index in [9.17, 15) is 0 Å². The molecule has 2 N–H and O–H groups in total. The predicted octanol–water partition coefficient (Wildman–Crippen LogP) is 5.12. The third-order valence-electron chi connectivity index (χ3n) is 4.80. The molecule has 2 heterocycles. The number of halogens is 2. The first kappa shape index (κ1) is 20.7. The Morgan fingerprint density at radius 3 is 2.07 bits per heavy atom. The van der Waals surface area contributed by atoms with E-state index in [1.54, 1.807) is 18.2 Å². The molecule has 0 saturated carbocycles. The third-order valence-corrected chi connectivity index (χ3v) is 5.24. The fraction of sp³-hybridized carbons (Fsp3) is 0.286. The van der Waals surface area contributed by atoms with Gasteiger partial charge in [0.2, 0.25) is 17.8 Å². The van der Waals surface area contributed by atoms with E-state index in [-0.39, 0.29) is 0 Å². The summed E-state index contributed by atoms with van der Waals surface area (Å²) in [6.45, 7) is 6.86. The van der Waals surface area contributed by atoms with Crippen molar-refractivity contribution in [2.75, 3.05) is 41.8 Å². The molecule has 1 aromatic heterocycles. The summed E-state index contributed by atoms with van der Waals surface area (Å²) >= 11 is 12.2. The minimum absolute atomic E-state index is 0.399. The lowest BCUT2D eigenvalue weighted by Gasteiger charge is -2.27. The van der Waals surface area contributed by atoms with Gasteiger partial charge in [0.15, 0.2) is 0 Å². The van der Waals surface area contributed by atoms with Crippen LogP contribution < -0.4 is 15.5 Å². The summed E-state index contributed by atoms with van der Waals surface area (Å²) in [6, 6.07) is 11.3. The maximum absolute atomic E-state index is 6.12. The molecular formula is C21H22Cl2N6O. The molecule has 156 valence electrons. The summed E-state index contributed by atoms with van der Waals surface area (Å²) in [5.41, 5.74) is 4.03. The molecule has 1 fully saturated rings. The van der Waals surface area contributed by atoms with Crippen LogP contribution in [0.3, 0.4) is 0 Å². The zero-order valence-electron chi connectivity index (χ0n) is 16.7. The molecular weight excluding hydrogens is 423 g/mol. The van der Waals surface area contributed by atoms with Crippen LogP contribution >= 0.6 is 23.2 Å². The van der Waals surface area contributed by atoms with Crippen molar-refractivity contribution in [3.05, 3.63) is 57.6 Å². The van der Waals surface area contributed by atoms with Gasteiger partial charge in [-0.1, -0.05) is 29.3 Å². The lowest BCUT2D eigenvalue weighted by atomic mass is 10.1. The van der Waals surface area contributed by atoms with E-state index in [1.165, 1.54) is 11.1 Å². The lowest BCUT2D eigenvalue weighted by Crippen LogP contribution is -2.37. The summed E-state index contributed by atoms with van der Waals surface area (Å²) in [5, 5.41) is 7.53. The van der Waals surface area contributed by atoms with E-state index in [1.807, 2.05) is 6.07 Å². The molecule has 9 heteroatoms. The van der Waals surface area contributed by atoms with E-state index in [0.717, 1.165) is 18.8 Å². The SMILES string of the molecule is Cc1ccc(Nc2nc(Nc3cc(Cl)cc(Cl)c3)nc(N3CCOCC3)n2)cc1C. The fourth-order valence-electron chi connectivity index (χ4n) is 3.08. The lowest BCUT2D eigenvalue weighted by molar-refractivity contribution is 0.122. The Hall–Kier alpha value is -2.61. The molecule has 1 aliphatic rings. The van der Waals surface area contributed by atoms with Crippen LogP contribution in [0.15, 0.2) is 36.4 Å². The zero-order chi connectivity index (χ0) is 21.1. The van der Waals surface area contributed by atoms with Crippen molar-refractivity contribution in [1.29, 1.82) is 0 Å². The Labute approximate surface area is 185 Å². The number of rotatable bonds is 5. The van der Waals surface area contributed by atoms with Gasteiger partial charge in [-0.2, -0.15) is 15.0 Å². The second kappa shape index (κ2) is 9.04. The van der Waals surface area contributed by atoms with Gasteiger partial charge in [0, 0.05) is 34.5 Å². The molecule has 1 saturated heterocycles. The highest BCUT2D eigenvalue weighted by Crippen LogP contribution is 2.26. The van der Waals surface area contributed by atoms with Crippen molar-refractivity contribution < 1.29 is 4.74 Å². The first-order valence-corrected chi connectivity index (χ1v) is 10.4. The summed E-state index contributed by atoms with van der Waals surface area (Å²) in [6.07, 6.45) is 0. The number of hydrogen-bond acceptors (Lipinski definition) is 7. The maximum Gasteiger partial charge on any atom is 0.233 e. The van der Waals surface area contributed by atoms with Crippen molar-refractivity contribution in [3.63, 3.8) is 0 Å². The highest BCUT2D eigenvalue weighted by Gasteiger charge is 2.17. The van der Waals surface area contributed by atoms with E-state index in [0.29, 0.717) is 46.8 Å². The molecule has 0 unspecified atom stereocenters. The zero-order valence-corrected chi connectivity index (χ0v) is 18.3. The summed E-state index contributed by atoms with van der Waals surface area (Å²) in [5.74, 6) is 1.43. The standard InChI is InChI=1S/C21H22Cl2N6O/c1-13-3-4-17(9-14(13)2)24-19-26-20(25-18-11-15(22)10-16(23)12-18)28-21(27-19)29-5-7-30-8-6-29/h3-4,9-12H,5-8H2,1-2H3,(H2,24,25,26,27,28). The Morgan fingerprint density at radius 2 is 1.43 bits per heavy atom. The van der Waals surface area contributed by atoms with Crippen LogP contribution in [0, 0.1) is 13.8 Å². The number of hydrogen-bond donors (Lipinski definition) is 2. The Morgan fingerprint density at radius 1 is 0.800 bits per heavy atom. The number of benzene rings is 2. The second-order valence-electron chi connectivity index (χ2n) is 7.09. The smallest absolute Gasteiger partial charge is 0.233 e. The largest absolute Gasteiger partial charge is 0.378 e. The molecule has 3 aromatic rings. The van der Waals surface area contributed by atoms with Crippen LogP contribution in [0.1, 0.15) is 11.1 Å². The fourth-order valence-corrected chi connectivity index (χ4v) is 3.61.